The van der Waals surface area contributed by atoms with Crippen LogP contribution in [0.5, 0.6) is 5.75 Å². The van der Waals surface area contributed by atoms with Gasteiger partial charge in [0.25, 0.3) is 0 Å². The van der Waals surface area contributed by atoms with Gasteiger partial charge in [0.15, 0.2) is 0 Å². The van der Waals surface area contributed by atoms with Crippen LogP contribution in [0.4, 0.5) is 0 Å². The minimum atomic E-state index is -2.06. The van der Waals surface area contributed by atoms with Crippen LogP contribution >= 0.6 is 0 Å². The molecule has 0 saturated heterocycles. The van der Waals surface area contributed by atoms with Gasteiger partial charge in [-0.2, -0.15) is 0 Å². The average molecular weight is 197 g/mol. The Kier molecular flexibility index (Phi) is 3.01. The summed E-state index contributed by atoms with van der Waals surface area (Å²) in [4.78, 5) is 19.6. The lowest BCUT2D eigenvalue weighted by molar-refractivity contribution is -0.548. The Balaban J connectivity index is 2.75. The predicted octanol–water partition coefficient (Wildman–Crippen LogP) is 0.753. The standard InChI is InChI=1S/C8H7NO5/c10-8(11)7(9(12)13)14-6-4-2-1-3-5-6/h1-5,7H,(H,10,11). The zero-order valence-corrected chi connectivity index (χ0v) is 6.99. The molecule has 0 heterocycles. The molecule has 0 spiro atoms. The summed E-state index contributed by atoms with van der Waals surface area (Å²) in [5.41, 5.74) is 0. The average Bonchev–Trinajstić information content (AvgIpc) is 2.15. The molecule has 0 bridgehead atoms. The van der Waals surface area contributed by atoms with Crippen LogP contribution < -0.4 is 4.74 Å². The van der Waals surface area contributed by atoms with Crippen LogP contribution in [0.1, 0.15) is 0 Å². The Morgan fingerprint density at radius 2 is 2.00 bits per heavy atom. The van der Waals surface area contributed by atoms with Crippen LogP contribution in [0, 0.1) is 10.1 Å². The first-order chi connectivity index (χ1) is 6.61. The zero-order valence-electron chi connectivity index (χ0n) is 6.99. The van der Waals surface area contributed by atoms with Gasteiger partial charge in [0, 0.05) is 0 Å². The summed E-state index contributed by atoms with van der Waals surface area (Å²) in [5.74, 6) is -1.48. The van der Waals surface area contributed by atoms with Gasteiger partial charge >= 0.3 is 12.2 Å². The number of para-hydroxylation sites is 1. The zero-order chi connectivity index (χ0) is 10.6. The van der Waals surface area contributed by atoms with E-state index in [1.165, 1.54) is 12.1 Å². The molecule has 0 radical (unpaired) electrons. The Bertz CT molecular complexity index is 323. The number of rotatable bonds is 4. The molecule has 1 unspecified atom stereocenters. The maximum atomic E-state index is 10.4. The molecule has 1 atom stereocenters. The fourth-order valence-corrected chi connectivity index (χ4v) is 0.812. The number of carboxylic acid groups (broad SMARTS) is 1. The molecular weight excluding hydrogens is 190 g/mol. The number of carbonyl (C=O) groups is 1. The van der Waals surface area contributed by atoms with Crippen molar-refractivity contribution in [3.8, 4) is 5.75 Å². The lowest BCUT2D eigenvalue weighted by atomic mass is 10.3. The van der Waals surface area contributed by atoms with E-state index >= 15 is 0 Å². The number of aliphatic carboxylic acids is 1. The number of nitrogens with zero attached hydrogens (tertiary/aromatic N) is 1. The summed E-state index contributed by atoms with van der Waals surface area (Å²) in [6, 6.07) is 7.76. The first kappa shape index (κ1) is 9.97. The largest absolute Gasteiger partial charge is 0.473 e. The second kappa shape index (κ2) is 4.22. The van der Waals surface area contributed by atoms with Crippen molar-refractivity contribution >= 4 is 5.97 Å². The Morgan fingerprint density at radius 1 is 1.43 bits per heavy atom. The highest BCUT2D eigenvalue weighted by Gasteiger charge is 2.31. The molecule has 1 aromatic rings. The molecule has 1 aromatic carbocycles. The summed E-state index contributed by atoms with van der Waals surface area (Å²) >= 11 is 0. The molecule has 1 rings (SSSR count). The van der Waals surface area contributed by atoms with E-state index in [1.54, 1.807) is 18.2 Å². The van der Waals surface area contributed by atoms with Crippen molar-refractivity contribution in [1.82, 2.24) is 0 Å². The van der Waals surface area contributed by atoms with Gasteiger partial charge in [-0.3, -0.25) is 10.1 Å². The molecule has 1 N–H and O–H groups in total. The fourth-order valence-electron chi connectivity index (χ4n) is 0.812. The topological polar surface area (TPSA) is 89.7 Å². The van der Waals surface area contributed by atoms with Crippen LogP contribution in [-0.2, 0) is 4.79 Å². The van der Waals surface area contributed by atoms with E-state index in [0.717, 1.165) is 0 Å². The number of carboxylic acids is 1. The first-order valence-electron chi connectivity index (χ1n) is 3.69. The highest BCUT2D eigenvalue weighted by molar-refractivity contribution is 5.70. The molecule has 0 saturated carbocycles. The Labute approximate surface area is 78.9 Å². The van der Waals surface area contributed by atoms with Crippen LogP contribution in [0.3, 0.4) is 0 Å². The van der Waals surface area contributed by atoms with Crippen LogP contribution in [0.25, 0.3) is 0 Å². The molecule has 0 aromatic heterocycles. The van der Waals surface area contributed by atoms with E-state index in [0.29, 0.717) is 0 Å². The molecule has 0 aliphatic carbocycles. The van der Waals surface area contributed by atoms with Crippen molar-refractivity contribution in [1.29, 1.82) is 0 Å². The number of hydrogen-bond acceptors (Lipinski definition) is 4. The number of hydrogen-bond donors (Lipinski definition) is 1. The summed E-state index contributed by atoms with van der Waals surface area (Å²) in [6.45, 7) is 0. The molecule has 6 nitrogen and oxygen atoms in total. The first-order valence-corrected chi connectivity index (χ1v) is 3.69. The number of nitro groups is 1. The van der Waals surface area contributed by atoms with Gasteiger partial charge in [-0.15, -0.1) is 0 Å². The summed E-state index contributed by atoms with van der Waals surface area (Å²) < 4.78 is 4.64. The van der Waals surface area contributed by atoms with Crippen LogP contribution in [0.15, 0.2) is 30.3 Å². The summed E-state index contributed by atoms with van der Waals surface area (Å²) in [5, 5.41) is 18.7. The van der Waals surface area contributed by atoms with Crippen molar-refractivity contribution in [2.75, 3.05) is 0 Å². The highest BCUT2D eigenvalue weighted by atomic mass is 16.7. The van der Waals surface area contributed by atoms with E-state index in [4.69, 9.17) is 5.11 Å². The van der Waals surface area contributed by atoms with Gasteiger partial charge in [0.05, 0.1) is 4.92 Å². The van der Waals surface area contributed by atoms with Crippen molar-refractivity contribution < 1.29 is 19.6 Å². The van der Waals surface area contributed by atoms with E-state index in [1.807, 2.05) is 0 Å². The molecule has 0 aliphatic heterocycles. The molecule has 14 heavy (non-hydrogen) atoms. The quantitative estimate of drug-likeness (QED) is 0.437. The maximum absolute atomic E-state index is 10.4. The third-order valence-electron chi connectivity index (χ3n) is 1.39. The van der Waals surface area contributed by atoms with Gasteiger partial charge in [-0.25, -0.2) is 4.79 Å². The predicted molar refractivity (Wildman–Crippen MR) is 45.5 cm³/mol. The fraction of sp³-hybridized carbons (Fsp3) is 0.125. The van der Waals surface area contributed by atoms with Gasteiger partial charge in [-0.1, -0.05) is 18.2 Å². The lowest BCUT2D eigenvalue weighted by Crippen LogP contribution is -2.34. The molecule has 0 aliphatic rings. The smallest absolute Gasteiger partial charge is 0.451 e. The number of benzene rings is 1. The monoisotopic (exact) mass is 197 g/mol. The van der Waals surface area contributed by atoms with E-state index in [9.17, 15) is 14.9 Å². The third-order valence-corrected chi connectivity index (χ3v) is 1.39. The molecule has 0 fully saturated rings. The lowest BCUT2D eigenvalue weighted by Gasteiger charge is -2.06. The van der Waals surface area contributed by atoms with Gasteiger partial charge in [-0.05, 0) is 12.1 Å². The van der Waals surface area contributed by atoms with Crippen molar-refractivity contribution in [2.45, 2.75) is 6.23 Å². The van der Waals surface area contributed by atoms with Crippen LogP contribution in [0.2, 0.25) is 0 Å². The van der Waals surface area contributed by atoms with Gasteiger partial charge < -0.3 is 9.84 Å². The van der Waals surface area contributed by atoms with E-state index in [2.05, 4.69) is 4.74 Å². The van der Waals surface area contributed by atoms with Crippen molar-refractivity contribution in [3.05, 3.63) is 40.4 Å². The minimum absolute atomic E-state index is 0.150. The minimum Gasteiger partial charge on any atom is -0.473 e. The second-order valence-corrected chi connectivity index (χ2v) is 2.41. The van der Waals surface area contributed by atoms with Gasteiger partial charge in [0.1, 0.15) is 5.75 Å². The highest BCUT2D eigenvalue weighted by Crippen LogP contribution is 2.11. The van der Waals surface area contributed by atoms with Gasteiger partial charge in [0.2, 0.25) is 0 Å². The third kappa shape index (κ3) is 2.44. The normalized spacial score (nSPS) is 11.7. The second-order valence-electron chi connectivity index (χ2n) is 2.41. The Hall–Kier alpha value is -2.11. The molecular formula is C8H7NO5. The van der Waals surface area contributed by atoms with Crippen LogP contribution in [-0.4, -0.2) is 22.2 Å². The summed E-state index contributed by atoms with van der Waals surface area (Å²) in [6.07, 6.45) is -2.06. The SMILES string of the molecule is O=C(O)C(Oc1ccccc1)[N+](=O)[O-]. The van der Waals surface area contributed by atoms with E-state index < -0.39 is 17.1 Å². The summed E-state index contributed by atoms with van der Waals surface area (Å²) in [7, 11) is 0. The van der Waals surface area contributed by atoms with Crippen molar-refractivity contribution in [2.24, 2.45) is 0 Å². The maximum Gasteiger partial charge on any atom is 0.451 e. The number of ether oxygens (including phenoxy) is 1. The molecule has 74 valence electrons. The molecule has 6 heteroatoms. The van der Waals surface area contributed by atoms with E-state index in [-0.39, 0.29) is 5.75 Å². The molecule has 0 amide bonds. The Morgan fingerprint density at radius 3 is 2.43 bits per heavy atom. The van der Waals surface area contributed by atoms with Crippen molar-refractivity contribution in [3.63, 3.8) is 0 Å².